The van der Waals surface area contributed by atoms with Crippen LogP contribution >= 0.6 is 11.6 Å². The first-order chi connectivity index (χ1) is 17.6. The van der Waals surface area contributed by atoms with Gasteiger partial charge in [-0.25, -0.2) is 8.42 Å². The van der Waals surface area contributed by atoms with Gasteiger partial charge in [0.05, 0.1) is 11.9 Å². The number of carbonyl (C=O) groups excluding carboxylic acids is 2. The summed E-state index contributed by atoms with van der Waals surface area (Å²) in [5.41, 5.74) is 0.932. The third-order valence-corrected chi connectivity index (χ3v) is 7.11. The zero-order valence-electron chi connectivity index (χ0n) is 20.9. The number of sulfonamides is 1. The van der Waals surface area contributed by atoms with Crippen LogP contribution in [0.1, 0.15) is 19.4 Å². The first-order valence-corrected chi connectivity index (χ1v) is 13.9. The van der Waals surface area contributed by atoms with Crippen LogP contribution in [-0.4, -0.2) is 50.5 Å². The molecule has 0 radical (unpaired) electrons. The molecule has 0 spiro atoms. The van der Waals surface area contributed by atoms with Crippen molar-refractivity contribution < 1.29 is 22.7 Å². The summed E-state index contributed by atoms with van der Waals surface area (Å²) < 4.78 is 32.2. The van der Waals surface area contributed by atoms with Crippen LogP contribution in [0.25, 0.3) is 0 Å². The molecule has 8 nitrogen and oxygen atoms in total. The van der Waals surface area contributed by atoms with Crippen LogP contribution in [0, 0.1) is 0 Å². The first kappa shape index (κ1) is 28.0. The fraction of sp³-hybridized carbons (Fsp3) is 0.259. The Kier molecular flexibility index (Phi) is 9.54. The normalized spacial score (nSPS) is 11.9. The first-order valence-electron chi connectivity index (χ1n) is 11.7. The molecule has 0 aromatic heterocycles. The third kappa shape index (κ3) is 7.71. The monoisotopic (exact) mass is 543 g/mol. The molecule has 0 bridgehead atoms. The van der Waals surface area contributed by atoms with Crippen LogP contribution in [0.5, 0.6) is 11.5 Å². The Morgan fingerprint density at radius 1 is 0.946 bits per heavy atom. The average molecular weight is 544 g/mol. The molecule has 2 amide bonds. The summed E-state index contributed by atoms with van der Waals surface area (Å²) >= 11 is 6.31. The maximum atomic E-state index is 13.5. The second-order valence-electron chi connectivity index (χ2n) is 8.36. The molecule has 0 aliphatic carbocycles. The standard InChI is InChI=1S/C27H30ClN3O5S/c1-4-29-27(33)20(2)30(18-21-10-8-9-13-25(21)28)26(32)19-31(37(3,34)35)22-14-16-24(17-15-22)36-23-11-6-5-7-12-23/h5-17,20H,4,18-19H2,1-3H3,(H,29,33)/t20-/m0/s1. The van der Waals surface area contributed by atoms with E-state index >= 15 is 0 Å². The van der Waals surface area contributed by atoms with Gasteiger partial charge < -0.3 is 15.0 Å². The number of hydrogen-bond acceptors (Lipinski definition) is 5. The van der Waals surface area contributed by atoms with E-state index in [2.05, 4.69) is 5.32 Å². The van der Waals surface area contributed by atoms with E-state index < -0.39 is 28.5 Å². The van der Waals surface area contributed by atoms with Gasteiger partial charge in [0.1, 0.15) is 24.1 Å². The Bertz CT molecular complexity index is 1320. The summed E-state index contributed by atoms with van der Waals surface area (Å²) in [6, 6.07) is 21.7. The van der Waals surface area contributed by atoms with Crippen molar-refractivity contribution in [2.45, 2.75) is 26.4 Å². The van der Waals surface area contributed by atoms with Crippen LogP contribution in [0.3, 0.4) is 0 Å². The number of hydrogen-bond donors (Lipinski definition) is 1. The Labute approximate surface area is 222 Å². The highest BCUT2D eigenvalue weighted by Gasteiger charge is 2.30. The highest BCUT2D eigenvalue weighted by molar-refractivity contribution is 7.92. The van der Waals surface area contributed by atoms with Gasteiger partial charge in [0.25, 0.3) is 0 Å². The minimum atomic E-state index is -3.84. The fourth-order valence-electron chi connectivity index (χ4n) is 3.63. The van der Waals surface area contributed by atoms with Crippen molar-refractivity contribution in [1.82, 2.24) is 10.2 Å². The number of anilines is 1. The fourth-order valence-corrected chi connectivity index (χ4v) is 4.68. The summed E-state index contributed by atoms with van der Waals surface area (Å²) in [6.07, 6.45) is 1.03. The molecule has 0 fully saturated rings. The molecule has 10 heteroatoms. The summed E-state index contributed by atoms with van der Waals surface area (Å²) in [5, 5.41) is 3.15. The minimum Gasteiger partial charge on any atom is -0.457 e. The summed E-state index contributed by atoms with van der Waals surface area (Å²) in [4.78, 5) is 27.5. The molecule has 196 valence electrons. The predicted molar refractivity (Wildman–Crippen MR) is 145 cm³/mol. The number of nitrogens with zero attached hydrogens (tertiary/aromatic N) is 2. The Balaban J connectivity index is 1.86. The van der Waals surface area contributed by atoms with Gasteiger partial charge in [0, 0.05) is 18.1 Å². The lowest BCUT2D eigenvalue weighted by atomic mass is 10.1. The number of halogens is 1. The van der Waals surface area contributed by atoms with E-state index in [1.165, 1.54) is 4.90 Å². The van der Waals surface area contributed by atoms with E-state index in [0.29, 0.717) is 34.3 Å². The van der Waals surface area contributed by atoms with E-state index in [4.69, 9.17) is 16.3 Å². The van der Waals surface area contributed by atoms with Gasteiger partial charge in [-0.2, -0.15) is 0 Å². The number of nitrogens with one attached hydrogen (secondary N) is 1. The largest absolute Gasteiger partial charge is 0.457 e. The molecule has 0 aliphatic rings. The number of rotatable bonds is 11. The van der Waals surface area contributed by atoms with Gasteiger partial charge in [0.2, 0.25) is 21.8 Å². The Morgan fingerprint density at radius 2 is 1.54 bits per heavy atom. The molecule has 0 aliphatic heterocycles. The summed E-state index contributed by atoms with van der Waals surface area (Å²) in [7, 11) is -3.84. The Hall–Kier alpha value is -3.56. The van der Waals surface area contributed by atoms with Crippen LogP contribution in [-0.2, 0) is 26.2 Å². The number of para-hydroxylation sites is 1. The molecular weight excluding hydrogens is 514 g/mol. The molecule has 0 unspecified atom stereocenters. The van der Waals surface area contributed by atoms with Gasteiger partial charge in [-0.3, -0.25) is 13.9 Å². The number of carbonyl (C=O) groups is 2. The minimum absolute atomic E-state index is 0.0399. The highest BCUT2D eigenvalue weighted by atomic mass is 35.5. The van der Waals surface area contributed by atoms with Crippen LogP contribution in [0.4, 0.5) is 5.69 Å². The number of likely N-dealkylation sites (N-methyl/N-ethyl adjacent to an activating group) is 1. The molecule has 3 aromatic carbocycles. The second kappa shape index (κ2) is 12.6. The lowest BCUT2D eigenvalue weighted by molar-refractivity contribution is -0.139. The van der Waals surface area contributed by atoms with Crippen molar-refractivity contribution in [3.63, 3.8) is 0 Å². The van der Waals surface area contributed by atoms with Gasteiger partial charge >= 0.3 is 0 Å². The van der Waals surface area contributed by atoms with E-state index in [0.717, 1.165) is 10.6 Å². The SMILES string of the molecule is CCNC(=O)[C@H](C)N(Cc1ccccc1Cl)C(=O)CN(c1ccc(Oc2ccccc2)cc1)S(C)(=O)=O. The van der Waals surface area contributed by atoms with Crippen LogP contribution in [0.2, 0.25) is 5.02 Å². The summed E-state index contributed by atoms with van der Waals surface area (Å²) in [6.45, 7) is 3.32. The maximum Gasteiger partial charge on any atom is 0.244 e. The molecule has 1 atom stereocenters. The van der Waals surface area contributed by atoms with Crippen molar-refractivity contribution in [2.24, 2.45) is 0 Å². The zero-order chi connectivity index (χ0) is 27.0. The van der Waals surface area contributed by atoms with Crippen molar-refractivity contribution in [2.75, 3.05) is 23.7 Å². The predicted octanol–water partition coefficient (Wildman–Crippen LogP) is 4.45. The molecular formula is C27H30ClN3O5S. The molecule has 0 heterocycles. The van der Waals surface area contributed by atoms with E-state index in [9.17, 15) is 18.0 Å². The third-order valence-electron chi connectivity index (χ3n) is 5.60. The molecule has 0 saturated heterocycles. The lowest BCUT2D eigenvalue weighted by Gasteiger charge is -2.31. The van der Waals surface area contributed by atoms with Crippen molar-refractivity contribution in [3.05, 3.63) is 89.4 Å². The molecule has 0 saturated carbocycles. The smallest absolute Gasteiger partial charge is 0.244 e. The van der Waals surface area contributed by atoms with Crippen molar-refractivity contribution in [1.29, 1.82) is 0 Å². The molecule has 1 N–H and O–H groups in total. The lowest BCUT2D eigenvalue weighted by Crippen LogP contribution is -2.51. The van der Waals surface area contributed by atoms with Gasteiger partial charge in [-0.1, -0.05) is 48.0 Å². The van der Waals surface area contributed by atoms with Crippen molar-refractivity contribution >= 4 is 39.1 Å². The second-order valence-corrected chi connectivity index (χ2v) is 10.7. The number of amides is 2. The molecule has 3 aromatic rings. The van der Waals surface area contributed by atoms with E-state index in [1.807, 2.05) is 18.2 Å². The number of ether oxygens (including phenoxy) is 1. The van der Waals surface area contributed by atoms with Gasteiger partial charge in [-0.15, -0.1) is 0 Å². The molecule has 3 rings (SSSR count). The Morgan fingerprint density at radius 3 is 2.14 bits per heavy atom. The van der Waals surface area contributed by atoms with Crippen LogP contribution in [0.15, 0.2) is 78.9 Å². The maximum absolute atomic E-state index is 13.5. The highest BCUT2D eigenvalue weighted by Crippen LogP contribution is 2.26. The average Bonchev–Trinajstić information content (AvgIpc) is 2.87. The summed E-state index contributed by atoms with van der Waals surface area (Å²) in [5.74, 6) is 0.254. The van der Waals surface area contributed by atoms with E-state index in [-0.39, 0.29) is 12.5 Å². The van der Waals surface area contributed by atoms with Gasteiger partial charge in [-0.05, 0) is 61.9 Å². The van der Waals surface area contributed by atoms with E-state index in [1.54, 1.807) is 74.5 Å². The zero-order valence-corrected chi connectivity index (χ0v) is 22.5. The topological polar surface area (TPSA) is 96.0 Å². The van der Waals surface area contributed by atoms with Crippen molar-refractivity contribution in [3.8, 4) is 11.5 Å². The molecule has 37 heavy (non-hydrogen) atoms. The quantitative estimate of drug-likeness (QED) is 0.385. The van der Waals surface area contributed by atoms with Gasteiger partial charge in [0.15, 0.2) is 0 Å². The number of benzene rings is 3. The van der Waals surface area contributed by atoms with Crippen LogP contribution < -0.4 is 14.4 Å².